The zero-order valence-electron chi connectivity index (χ0n) is 17.1. The lowest BCUT2D eigenvalue weighted by Gasteiger charge is -2.17. The normalized spacial score (nSPS) is 13.1. The van der Waals surface area contributed by atoms with Crippen LogP contribution in [0.5, 0.6) is 0 Å². The molecule has 0 saturated heterocycles. The topological polar surface area (TPSA) is 72.5 Å². The van der Waals surface area contributed by atoms with Gasteiger partial charge in [-0.05, 0) is 43.0 Å². The quantitative estimate of drug-likeness (QED) is 0.267. The van der Waals surface area contributed by atoms with Gasteiger partial charge in [0.15, 0.2) is 5.96 Å². The highest BCUT2D eigenvalue weighted by molar-refractivity contribution is 14.0. The van der Waals surface area contributed by atoms with Crippen molar-refractivity contribution in [3.05, 3.63) is 65.9 Å². The van der Waals surface area contributed by atoms with Gasteiger partial charge >= 0.3 is 0 Å². The van der Waals surface area contributed by atoms with Crippen LogP contribution in [0, 0.1) is 0 Å². The molecule has 2 heterocycles. The van der Waals surface area contributed by atoms with Crippen molar-refractivity contribution in [2.45, 2.75) is 19.8 Å². The van der Waals surface area contributed by atoms with Gasteiger partial charge in [-0.25, -0.2) is 4.99 Å². The number of benzene rings is 2. The second-order valence-corrected chi connectivity index (χ2v) is 7.16. The van der Waals surface area contributed by atoms with Crippen LogP contribution in [0.25, 0.3) is 10.9 Å². The van der Waals surface area contributed by atoms with Crippen molar-refractivity contribution >= 4 is 52.4 Å². The lowest BCUT2D eigenvalue weighted by atomic mass is 10.1. The molecule has 0 saturated carbocycles. The van der Waals surface area contributed by atoms with E-state index in [9.17, 15) is 4.79 Å². The second kappa shape index (κ2) is 10.5. The first-order valence-corrected chi connectivity index (χ1v) is 10.2. The first kappa shape index (κ1) is 22.1. The van der Waals surface area contributed by atoms with Crippen LogP contribution in [-0.4, -0.2) is 43.0 Å². The maximum absolute atomic E-state index is 12.7. The number of aliphatic imine (C=N–C) groups is 1. The molecular weight excluding hydrogens is 489 g/mol. The van der Waals surface area contributed by atoms with Gasteiger partial charge in [0, 0.05) is 42.4 Å². The molecule has 3 N–H and O–H groups in total. The summed E-state index contributed by atoms with van der Waals surface area (Å²) in [5.41, 5.74) is 4.67. The molecule has 1 aliphatic heterocycles. The van der Waals surface area contributed by atoms with Crippen LogP contribution in [0.1, 0.15) is 18.1 Å². The standard InChI is InChI=1S/C23H27N5O.HI/c1-2-24-23(25-13-11-18-15-26-20-9-5-4-8-19(18)20)27-16-22(29)28-14-12-17-7-3-6-10-21(17)28;/h3-10,15,26H,2,11-14,16H2,1H3,(H2,24,25,27);1H. The number of fused-ring (bicyclic) bond motifs is 2. The Kier molecular flexibility index (Phi) is 7.73. The van der Waals surface area contributed by atoms with Gasteiger partial charge in [0.05, 0.1) is 0 Å². The number of rotatable bonds is 6. The molecule has 0 spiro atoms. The Balaban J connectivity index is 0.00000256. The van der Waals surface area contributed by atoms with Crippen LogP contribution in [0.3, 0.4) is 0 Å². The minimum atomic E-state index is 0. The zero-order valence-corrected chi connectivity index (χ0v) is 19.5. The third-order valence-corrected chi connectivity index (χ3v) is 5.27. The number of aromatic nitrogens is 1. The van der Waals surface area contributed by atoms with Crippen LogP contribution in [0.4, 0.5) is 5.69 Å². The van der Waals surface area contributed by atoms with E-state index in [1.165, 1.54) is 16.5 Å². The Bertz CT molecular complexity index is 1030. The number of anilines is 1. The molecule has 7 heteroatoms. The number of halogens is 1. The predicted octanol–water partition coefficient (Wildman–Crippen LogP) is 3.47. The Labute approximate surface area is 194 Å². The molecule has 0 aliphatic carbocycles. The highest BCUT2D eigenvalue weighted by atomic mass is 127. The number of hydrogen-bond donors (Lipinski definition) is 3. The van der Waals surface area contributed by atoms with Crippen molar-refractivity contribution in [2.24, 2.45) is 4.99 Å². The summed E-state index contributed by atoms with van der Waals surface area (Å²) in [7, 11) is 0. The summed E-state index contributed by atoms with van der Waals surface area (Å²) in [5, 5.41) is 7.82. The molecule has 3 aromatic rings. The van der Waals surface area contributed by atoms with Gasteiger partial charge in [-0.15, -0.1) is 24.0 Å². The van der Waals surface area contributed by atoms with E-state index in [2.05, 4.69) is 51.1 Å². The van der Waals surface area contributed by atoms with Crippen LogP contribution < -0.4 is 15.5 Å². The van der Waals surface area contributed by atoms with Gasteiger partial charge in [0.2, 0.25) is 5.91 Å². The van der Waals surface area contributed by atoms with E-state index < -0.39 is 0 Å². The molecule has 30 heavy (non-hydrogen) atoms. The predicted molar refractivity (Wildman–Crippen MR) is 134 cm³/mol. The molecule has 6 nitrogen and oxygen atoms in total. The number of nitrogens with zero attached hydrogens (tertiary/aromatic N) is 2. The van der Waals surface area contributed by atoms with E-state index in [1.807, 2.05) is 36.1 Å². The van der Waals surface area contributed by atoms with E-state index in [1.54, 1.807) is 0 Å². The highest BCUT2D eigenvalue weighted by Crippen LogP contribution is 2.27. The van der Waals surface area contributed by atoms with E-state index >= 15 is 0 Å². The van der Waals surface area contributed by atoms with Crippen LogP contribution >= 0.6 is 24.0 Å². The lowest BCUT2D eigenvalue weighted by Crippen LogP contribution is -2.39. The SMILES string of the molecule is CCNC(=NCC(=O)N1CCc2ccccc21)NCCc1c[nH]c2ccccc12.I. The first-order chi connectivity index (χ1) is 14.3. The average Bonchev–Trinajstić information content (AvgIpc) is 3.36. The van der Waals surface area contributed by atoms with Crippen molar-refractivity contribution in [3.63, 3.8) is 0 Å². The zero-order chi connectivity index (χ0) is 20.1. The number of amides is 1. The van der Waals surface area contributed by atoms with Crippen LogP contribution in [0.15, 0.2) is 59.7 Å². The molecule has 4 rings (SSSR count). The van der Waals surface area contributed by atoms with Gasteiger partial charge < -0.3 is 20.5 Å². The fraction of sp³-hybridized carbons (Fsp3) is 0.304. The van der Waals surface area contributed by atoms with Crippen molar-refractivity contribution < 1.29 is 4.79 Å². The number of carbonyl (C=O) groups is 1. The first-order valence-electron chi connectivity index (χ1n) is 10.2. The maximum atomic E-state index is 12.7. The number of aromatic amines is 1. The average molecular weight is 517 g/mol. The molecule has 0 fully saturated rings. The Morgan fingerprint density at radius 1 is 1.13 bits per heavy atom. The van der Waals surface area contributed by atoms with Gasteiger partial charge in [-0.2, -0.15) is 0 Å². The minimum absolute atomic E-state index is 0. The number of nitrogens with one attached hydrogen (secondary N) is 3. The lowest BCUT2D eigenvalue weighted by molar-refractivity contribution is -0.117. The molecule has 1 aromatic heterocycles. The number of carbonyl (C=O) groups excluding carboxylic acids is 1. The Morgan fingerprint density at radius 2 is 1.93 bits per heavy atom. The van der Waals surface area contributed by atoms with E-state index in [0.29, 0.717) is 5.96 Å². The van der Waals surface area contributed by atoms with Crippen molar-refractivity contribution in [1.29, 1.82) is 0 Å². The summed E-state index contributed by atoms with van der Waals surface area (Å²) >= 11 is 0. The molecule has 0 unspecified atom stereocenters. The molecular formula is C23H28IN5O. The largest absolute Gasteiger partial charge is 0.361 e. The molecule has 0 atom stereocenters. The van der Waals surface area contributed by atoms with Crippen LogP contribution in [-0.2, 0) is 17.6 Å². The molecule has 0 radical (unpaired) electrons. The van der Waals surface area contributed by atoms with E-state index in [4.69, 9.17) is 0 Å². The summed E-state index contributed by atoms with van der Waals surface area (Å²) in [6, 6.07) is 16.4. The molecule has 1 aliphatic rings. The van der Waals surface area contributed by atoms with Crippen molar-refractivity contribution in [2.75, 3.05) is 31.1 Å². The number of para-hydroxylation sites is 2. The summed E-state index contributed by atoms with van der Waals surface area (Å²) in [5.74, 6) is 0.706. The summed E-state index contributed by atoms with van der Waals surface area (Å²) < 4.78 is 0. The minimum Gasteiger partial charge on any atom is -0.361 e. The van der Waals surface area contributed by atoms with Gasteiger partial charge in [0.1, 0.15) is 6.54 Å². The second-order valence-electron chi connectivity index (χ2n) is 7.16. The van der Waals surface area contributed by atoms with Crippen molar-refractivity contribution in [3.8, 4) is 0 Å². The number of H-pyrrole nitrogens is 1. The van der Waals surface area contributed by atoms with Crippen LogP contribution in [0.2, 0.25) is 0 Å². The fourth-order valence-electron chi connectivity index (χ4n) is 3.83. The number of guanidine groups is 1. The maximum Gasteiger partial charge on any atom is 0.248 e. The van der Waals surface area contributed by atoms with E-state index in [0.717, 1.165) is 43.7 Å². The van der Waals surface area contributed by atoms with Gasteiger partial charge in [-0.1, -0.05) is 36.4 Å². The summed E-state index contributed by atoms with van der Waals surface area (Å²) in [6.07, 6.45) is 3.85. The van der Waals surface area contributed by atoms with Gasteiger partial charge in [0.25, 0.3) is 0 Å². The highest BCUT2D eigenvalue weighted by Gasteiger charge is 2.23. The summed E-state index contributed by atoms with van der Waals surface area (Å²) in [6.45, 7) is 4.39. The van der Waals surface area contributed by atoms with Crippen molar-refractivity contribution in [1.82, 2.24) is 15.6 Å². The molecule has 0 bridgehead atoms. The third-order valence-electron chi connectivity index (χ3n) is 5.27. The smallest absolute Gasteiger partial charge is 0.248 e. The number of hydrogen-bond acceptors (Lipinski definition) is 2. The molecule has 158 valence electrons. The summed E-state index contributed by atoms with van der Waals surface area (Å²) in [4.78, 5) is 22.3. The molecule has 2 aromatic carbocycles. The molecule has 1 amide bonds. The third kappa shape index (κ3) is 4.95. The Morgan fingerprint density at radius 3 is 2.80 bits per heavy atom. The monoisotopic (exact) mass is 517 g/mol. The van der Waals surface area contributed by atoms with E-state index in [-0.39, 0.29) is 36.4 Å². The Hall–Kier alpha value is -2.55. The van der Waals surface area contributed by atoms with Gasteiger partial charge in [-0.3, -0.25) is 4.79 Å². The fourth-order valence-corrected chi connectivity index (χ4v) is 3.83.